The van der Waals surface area contributed by atoms with Crippen molar-refractivity contribution in [2.75, 3.05) is 13.1 Å². The molecule has 0 saturated carbocycles. The third-order valence-corrected chi connectivity index (χ3v) is 3.29. The first kappa shape index (κ1) is 14.9. The summed E-state index contributed by atoms with van der Waals surface area (Å²) in [6.07, 6.45) is 2.47. The number of oxime groups is 1. The Balaban J connectivity index is 0.00000162. The fourth-order valence-electron chi connectivity index (χ4n) is 2.34. The lowest BCUT2D eigenvalue weighted by Crippen LogP contribution is -2.41. The molecule has 2 N–H and O–H groups in total. The van der Waals surface area contributed by atoms with E-state index in [1.807, 2.05) is 0 Å². The van der Waals surface area contributed by atoms with Crippen molar-refractivity contribution in [3.8, 4) is 0 Å². The number of nitrogens with zero attached hydrogens (tertiary/aromatic N) is 1. The van der Waals surface area contributed by atoms with Crippen molar-refractivity contribution in [1.82, 2.24) is 5.32 Å². The van der Waals surface area contributed by atoms with E-state index in [9.17, 15) is 8.78 Å². The first-order chi connectivity index (χ1) is 8.19. The van der Waals surface area contributed by atoms with Crippen molar-refractivity contribution in [3.05, 3.63) is 35.4 Å². The highest BCUT2D eigenvalue weighted by Crippen LogP contribution is 2.34. The minimum Gasteiger partial charge on any atom is -0.411 e. The highest BCUT2D eigenvalue weighted by Gasteiger charge is 2.35. The number of halogens is 3. The van der Waals surface area contributed by atoms with Crippen molar-refractivity contribution in [3.63, 3.8) is 0 Å². The summed E-state index contributed by atoms with van der Waals surface area (Å²) in [5.74, 6) is -1.72. The smallest absolute Gasteiger partial charge is 0.162 e. The number of nitrogens with one attached hydrogen (secondary N) is 1. The third-order valence-electron chi connectivity index (χ3n) is 3.29. The van der Waals surface area contributed by atoms with Crippen molar-refractivity contribution in [2.45, 2.75) is 18.3 Å². The summed E-state index contributed by atoms with van der Waals surface area (Å²) < 4.78 is 27.1. The van der Waals surface area contributed by atoms with Crippen LogP contribution >= 0.6 is 12.4 Å². The van der Waals surface area contributed by atoms with Gasteiger partial charge in [-0.1, -0.05) is 12.1 Å². The van der Waals surface area contributed by atoms with Gasteiger partial charge in [0.25, 0.3) is 0 Å². The maximum absolute atomic E-state index is 13.8. The quantitative estimate of drug-likeness (QED) is 0.495. The van der Waals surface area contributed by atoms with Crippen LogP contribution in [0.25, 0.3) is 0 Å². The lowest BCUT2D eigenvalue weighted by atomic mass is 9.74. The summed E-state index contributed by atoms with van der Waals surface area (Å²) in [6.45, 7) is 1.37. The van der Waals surface area contributed by atoms with Crippen LogP contribution in [0.2, 0.25) is 0 Å². The Bertz CT molecular complexity index is 434. The fraction of sp³-hybridized carbons (Fsp3) is 0.417. The standard InChI is InChI=1S/C12H14F2N2O.ClH/c13-10-3-1-2-9(11(10)14)12(8-16-17)4-6-15-7-5-12;/h1-3,8,15,17H,4-7H2;1H. The average Bonchev–Trinajstić information content (AvgIpc) is 2.34. The Labute approximate surface area is 110 Å². The number of piperidine rings is 1. The van der Waals surface area contributed by atoms with Crippen LogP contribution in [0.15, 0.2) is 23.4 Å². The molecule has 0 bridgehead atoms. The minimum absolute atomic E-state index is 0. The first-order valence-electron chi connectivity index (χ1n) is 5.53. The predicted octanol–water partition coefficient (Wildman–Crippen LogP) is 2.47. The van der Waals surface area contributed by atoms with Crippen LogP contribution in [0.1, 0.15) is 18.4 Å². The Morgan fingerprint density at radius 3 is 2.56 bits per heavy atom. The maximum atomic E-state index is 13.8. The maximum Gasteiger partial charge on any atom is 0.162 e. The second-order valence-corrected chi connectivity index (χ2v) is 4.25. The van der Waals surface area contributed by atoms with Gasteiger partial charge in [0, 0.05) is 11.0 Å². The molecule has 0 radical (unpaired) electrons. The van der Waals surface area contributed by atoms with E-state index in [2.05, 4.69) is 10.5 Å². The molecule has 0 unspecified atom stereocenters. The van der Waals surface area contributed by atoms with E-state index in [-0.39, 0.29) is 18.0 Å². The van der Waals surface area contributed by atoms with Crippen molar-refractivity contribution >= 4 is 18.6 Å². The van der Waals surface area contributed by atoms with E-state index < -0.39 is 17.0 Å². The van der Waals surface area contributed by atoms with Gasteiger partial charge >= 0.3 is 0 Å². The topological polar surface area (TPSA) is 44.6 Å². The van der Waals surface area contributed by atoms with Gasteiger partial charge in [-0.2, -0.15) is 0 Å². The number of benzene rings is 1. The monoisotopic (exact) mass is 276 g/mol. The van der Waals surface area contributed by atoms with Gasteiger partial charge in [-0.15, -0.1) is 17.6 Å². The van der Waals surface area contributed by atoms with Crippen LogP contribution in [0.3, 0.4) is 0 Å². The molecule has 1 aliphatic rings. The average molecular weight is 277 g/mol. The highest BCUT2D eigenvalue weighted by molar-refractivity contribution is 5.85. The lowest BCUT2D eigenvalue weighted by molar-refractivity contribution is 0.307. The van der Waals surface area contributed by atoms with Gasteiger partial charge in [-0.05, 0) is 32.0 Å². The lowest BCUT2D eigenvalue weighted by Gasteiger charge is -2.34. The van der Waals surface area contributed by atoms with Crippen LogP contribution in [0.4, 0.5) is 8.78 Å². The first-order valence-corrected chi connectivity index (χ1v) is 5.53. The van der Waals surface area contributed by atoms with E-state index >= 15 is 0 Å². The minimum atomic E-state index is -0.869. The normalized spacial score (nSPS) is 18.6. The molecule has 6 heteroatoms. The molecule has 2 rings (SSSR count). The number of hydrogen-bond donors (Lipinski definition) is 2. The van der Waals surface area contributed by atoms with Crippen LogP contribution in [-0.2, 0) is 5.41 Å². The van der Waals surface area contributed by atoms with Gasteiger partial charge in [-0.3, -0.25) is 0 Å². The largest absolute Gasteiger partial charge is 0.411 e. The van der Waals surface area contributed by atoms with E-state index in [4.69, 9.17) is 5.21 Å². The molecule has 1 fully saturated rings. The molecule has 1 heterocycles. The van der Waals surface area contributed by atoms with Crippen molar-refractivity contribution < 1.29 is 14.0 Å². The molecule has 0 atom stereocenters. The van der Waals surface area contributed by atoms with Crippen LogP contribution in [0.5, 0.6) is 0 Å². The summed E-state index contributed by atoms with van der Waals surface area (Å²) in [5.41, 5.74) is -0.455. The van der Waals surface area contributed by atoms with E-state index in [0.717, 1.165) is 6.07 Å². The van der Waals surface area contributed by atoms with Gasteiger partial charge in [0.05, 0.1) is 6.21 Å². The third kappa shape index (κ3) is 2.62. The van der Waals surface area contributed by atoms with Gasteiger partial charge in [0.2, 0.25) is 0 Å². The molecule has 0 spiro atoms. The Morgan fingerprint density at radius 1 is 1.28 bits per heavy atom. The summed E-state index contributed by atoms with van der Waals surface area (Å²) in [5, 5.41) is 14.9. The predicted molar refractivity (Wildman–Crippen MR) is 67.7 cm³/mol. The van der Waals surface area contributed by atoms with Gasteiger partial charge in [-0.25, -0.2) is 8.78 Å². The molecule has 0 aliphatic carbocycles. The second kappa shape index (κ2) is 6.11. The molecule has 1 aromatic rings. The molecule has 0 aromatic heterocycles. The highest BCUT2D eigenvalue weighted by atomic mass is 35.5. The number of rotatable bonds is 2. The van der Waals surface area contributed by atoms with Gasteiger partial charge in [0.1, 0.15) is 0 Å². The fourth-order valence-corrected chi connectivity index (χ4v) is 2.34. The number of hydrogen-bond acceptors (Lipinski definition) is 3. The van der Waals surface area contributed by atoms with Crippen LogP contribution in [0, 0.1) is 11.6 Å². The molecule has 0 amide bonds. The zero-order valence-electron chi connectivity index (χ0n) is 9.70. The van der Waals surface area contributed by atoms with Gasteiger partial charge in [0.15, 0.2) is 11.6 Å². The van der Waals surface area contributed by atoms with E-state index in [1.165, 1.54) is 12.3 Å². The summed E-state index contributed by atoms with van der Waals surface area (Å²) in [4.78, 5) is 0. The molecule has 18 heavy (non-hydrogen) atoms. The molecule has 3 nitrogen and oxygen atoms in total. The summed E-state index contributed by atoms with van der Waals surface area (Å²) in [6, 6.07) is 4.11. The molecular weight excluding hydrogens is 262 g/mol. The van der Waals surface area contributed by atoms with Crippen LogP contribution in [-0.4, -0.2) is 24.5 Å². The Morgan fingerprint density at radius 2 is 1.94 bits per heavy atom. The van der Waals surface area contributed by atoms with E-state index in [0.29, 0.717) is 25.9 Å². The van der Waals surface area contributed by atoms with Crippen LogP contribution < -0.4 is 5.32 Å². The Hall–Kier alpha value is -1.20. The zero-order chi connectivity index (χ0) is 12.3. The van der Waals surface area contributed by atoms with Crippen molar-refractivity contribution in [1.29, 1.82) is 0 Å². The Kier molecular flexibility index (Phi) is 5.04. The van der Waals surface area contributed by atoms with Crippen molar-refractivity contribution in [2.24, 2.45) is 5.16 Å². The van der Waals surface area contributed by atoms with Gasteiger partial charge < -0.3 is 10.5 Å². The SMILES string of the molecule is Cl.ON=CC1(c2cccc(F)c2F)CCNCC1. The zero-order valence-corrected chi connectivity index (χ0v) is 10.5. The summed E-state index contributed by atoms with van der Waals surface area (Å²) >= 11 is 0. The summed E-state index contributed by atoms with van der Waals surface area (Å²) in [7, 11) is 0. The second-order valence-electron chi connectivity index (χ2n) is 4.25. The molecular formula is C12H15ClF2N2O. The molecule has 1 saturated heterocycles. The molecule has 1 aromatic carbocycles. The van der Waals surface area contributed by atoms with E-state index in [1.54, 1.807) is 6.07 Å². The molecule has 100 valence electrons. The molecule has 1 aliphatic heterocycles.